The van der Waals surface area contributed by atoms with Gasteiger partial charge < -0.3 is 9.84 Å². The lowest BCUT2D eigenvalue weighted by atomic mass is 9.85. The van der Waals surface area contributed by atoms with Crippen molar-refractivity contribution in [3.05, 3.63) is 29.8 Å². The van der Waals surface area contributed by atoms with E-state index >= 15 is 0 Å². The highest BCUT2D eigenvalue weighted by atomic mass is 32.2. The van der Waals surface area contributed by atoms with Crippen LogP contribution in [0, 0.1) is 5.92 Å². The van der Waals surface area contributed by atoms with E-state index < -0.39 is 5.60 Å². The van der Waals surface area contributed by atoms with Crippen LogP contribution in [0.5, 0.6) is 5.75 Å². The second-order valence-electron chi connectivity index (χ2n) is 4.07. The molecule has 1 saturated heterocycles. The van der Waals surface area contributed by atoms with Crippen molar-refractivity contribution in [3.63, 3.8) is 0 Å². The van der Waals surface area contributed by atoms with Crippen molar-refractivity contribution in [2.24, 2.45) is 5.92 Å². The first-order valence-electron chi connectivity index (χ1n) is 5.11. The van der Waals surface area contributed by atoms with Crippen molar-refractivity contribution in [1.82, 2.24) is 0 Å². The third kappa shape index (κ3) is 1.86. The molecule has 0 aromatic heterocycles. The van der Waals surface area contributed by atoms with Gasteiger partial charge >= 0.3 is 0 Å². The van der Waals surface area contributed by atoms with E-state index in [0.29, 0.717) is 5.92 Å². The second kappa shape index (κ2) is 4.06. The number of rotatable bonds is 2. The summed E-state index contributed by atoms with van der Waals surface area (Å²) in [7, 11) is 1.65. The fourth-order valence-electron chi connectivity index (χ4n) is 1.92. The SMILES string of the molecule is COc1ccc([C@]2(O)CSC[C@H]2C)cc1. The summed E-state index contributed by atoms with van der Waals surface area (Å²) in [5.74, 6) is 2.97. The van der Waals surface area contributed by atoms with Crippen molar-refractivity contribution in [2.75, 3.05) is 18.6 Å². The van der Waals surface area contributed by atoms with Gasteiger partial charge in [0.15, 0.2) is 0 Å². The molecule has 1 heterocycles. The molecule has 1 aromatic carbocycles. The summed E-state index contributed by atoms with van der Waals surface area (Å²) >= 11 is 1.81. The van der Waals surface area contributed by atoms with Crippen molar-refractivity contribution in [3.8, 4) is 5.75 Å². The van der Waals surface area contributed by atoms with Crippen molar-refractivity contribution in [1.29, 1.82) is 0 Å². The van der Waals surface area contributed by atoms with E-state index in [1.165, 1.54) is 0 Å². The molecule has 0 bridgehead atoms. The molecule has 2 atom stereocenters. The number of thioether (sulfide) groups is 1. The summed E-state index contributed by atoms with van der Waals surface area (Å²) in [4.78, 5) is 0. The zero-order chi connectivity index (χ0) is 10.9. The summed E-state index contributed by atoms with van der Waals surface area (Å²) in [6, 6.07) is 7.73. The quantitative estimate of drug-likeness (QED) is 0.835. The minimum absolute atomic E-state index is 0.316. The smallest absolute Gasteiger partial charge is 0.118 e. The molecule has 82 valence electrons. The van der Waals surface area contributed by atoms with E-state index in [1.807, 2.05) is 36.0 Å². The zero-order valence-electron chi connectivity index (χ0n) is 9.06. The molecular weight excluding hydrogens is 208 g/mol. The molecular formula is C12H16O2S. The number of hydrogen-bond acceptors (Lipinski definition) is 3. The number of benzene rings is 1. The summed E-state index contributed by atoms with van der Waals surface area (Å²) in [6.45, 7) is 2.10. The molecule has 3 heteroatoms. The fraction of sp³-hybridized carbons (Fsp3) is 0.500. The van der Waals surface area contributed by atoms with Crippen LogP contribution in [0.1, 0.15) is 12.5 Å². The molecule has 0 radical (unpaired) electrons. The average Bonchev–Trinajstić information content (AvgIpc) is 2.61. The molecule has 2 rings (SSSR count). The number of hydrogen-bond donors (Lipinski definition) is 1. The molecule has 2 nitrogen and oxygen atoms in total. The summed E-state index contributed by atoms with van der Waals surface area (Å²) in [5, 5.41) is 10.5. The van der Waals surface area contributed by atoms with Crippen LogP contribution in [0.4, 0.5) is 0 Å². The summed E-state index contributed by atoms with van der Waals surface area (Å²) in [5.41, 5.74) is 0.345. The summed E-state index contributed by atoms with van der Waals surface area (Å²) in [6.07, 6.45) is 0. The minimum Gasteiger partial charge on any atom is -0.497 e. The Balaban J connectivity index is 2.28. The van der Waals surface area contributed by atoms with E-state index in [-0.39, 0.29) is 0 Å². The van der Waals surface area contributed by atoms with Crippen molar-refractivity contribution >= 4 is 11.8 Å². The van der Waals surface area contributed by atoms with Crippen LogP contribution in [-0.2, 0) is 5.60 Å². The molecule has 1 aromatic rings. The van der Waals surface area contributed by atoms with Gasteiger partial charge in [0.2, 0.25) is 0 Å². The Labute approximate surface area is 94.6 Å². The average molecular weight is 224 g/mol. The molecule has 0 spiro atoms. The van der Waals surface area contributed by atoms with Gasteiger partial charge in [0.25, 0.3) is 0 Å². The predicted molar refractivity (Wildman–Crippen MR) is 63.4 cm³/mol. The Morgan fingerprint density at radius 1 is 1.40 bits per heavy atom. The highest BCUT2D eigenvalue weighted by molar-refractivity contribution is 7.99. The second-order valence-corrected chi connectivity index (χ2v) is 5.10. The maximum absolute atomic E-state index is 10.5. The van der Waals surface area contributed by atoms with Gasteiger partial charge in [-0.25, -0.2) is 0 Å². The van der Waals surface area contributed by atoms with Crippen LogP contribution < -0.4 is 4.74 Å². The molecule has 1 aliphatic heterocycles. The Morgan fingerprint density at radius 2 is 2.07 bits per heavy atom. The van der Waals surface area contributed by atoms with Gasteiger partial charge in [0, 0.05) is 5.75 Å². The van der Waals surface area contributed by atoms with E-state index in [4.69, 9.17) is 4.74 Å². The Hall–Kier alpha value is -0.670. The molecule has 1 fully saturated rings. The highest BCUT2D eigenvalue weighted by Crippen LogP contribution is 2.41. The van der Waals surface area contributed by atoms with Gasteiger partial charge in [0.1, 0.15) is 11.4 Å². The van der Waals surface area contributed by atoms with Crippen molar-refractivity contribution < 1.29 is 9.84 Å². The third-order valence-corrected chi connectivity index (χ3v) is 4.48. The lowest BCUT2D eigenvalue weighted by Gasteiger charge is -2.27. The highest BCUT2D eigenvalue weighted by Gasteiger charge is 2.40. The van der Waals surface area contributed by atoms with Gasteiger partial charge in [-0.2, -0.15) is 11.8 Å². The number of ether oxygens (including phenoxy) is 1. The zero-order valence-corrected chi connectivity index (χ0v) is 9.88. The van der Waals surface area contributed by atoms with Gasteiger partial charge in [-0.15, -0.1) is 0 Å². The van der Waals surface area contributed by atoms with Crippen LogP contribution in [0.3, 0.4) is 0 Å². The summed E-state index contributed by atoms with van der Waals surface area (Å²) < 4.78 is 5.10. The molecule has 0 saturated carbocycles. The van der Waals surface area contributed by atoms with E-state index in [2.05, 4.69) is 6.92 Å². The first-order valence-corrected chi connectivity index (χ1v) is 6.27. The number of methoxy groups -OCH3 is 1. The van der Waals surface area contributed by atoms with Gasteiger partial charge in [0.05, 0.1) is 7.11 Å². The molecule has 1 N–H and O–H groups in total. The van der Waals surface area contributed by atoms with Crippen LogP contribution in [0.15, 0.2) is 24.3 Å². The fourth-order valence-corrected chi connectivity index (χ4v) is 3.43. The van der Waals surface area contributed by atoms with E-state index in [9.17, 15) is 5.11 Å². The van der Waals surface area contributed by atoms with Gasteiger partial charge in [-0.1, -0.05) is 19.1 Å². The van der Waals surface area contributed by atoms with Crippen LogP contribution in [0.2, 0.25) is 0 Å². The monoisotopic (exact) mass is 224 g/mol. The Kier molecular flexibility index (Phi) is 2.94. The minimum atomic E-state index is -0.656. The normalized spacial score (nSPS) is 30.5. The first kappa shape index (κ1) is 10.8. The van der Waals surface area contributed by atoms with Crippen LogP contribution in [0.25, 0.3) is 0 Å². The first-order chi connectivity index (χ1) is 7.16. The molecule has 1 aliphatic rings. The Morgan fingerprint density at radius 3 is 2.53 bits per heavy atom. The lowest BCUT2D eigenvalue weighted by molar-refractivity contribution is 0.0234. The predicted octanol–water partition coefficient (Wildman–Crippen LogP) is 2.27. The molecule has 0 amide bonds. The maximum atomic E-state index is 10.5. The van der Waals surface area contributed by atoms with Crippen molar-refractivity contribution in [2.45, 2.75) is 12.5 Å². The maximum Gasteiger partial charge on any atom is 0.118 e. The van der Waals surface area contributed by atoms with E-state index in [0.717, 1.165) is 22.8 Å². The Bertz CT molecular complexity index is 336. The van der Waals surface area contributed by atoms with Gasteiger partial charge in [-0.05, 0) is 29.4 Å². The third-order valence-electron chi connectivity index (χ3n) is 3.10. The molecule has 0 unspecified atom stereocenters. The standard InChI is InChI=1S/C12H16O2S/c1-9-7-15-8-12(9,13)10-3-5-11(14-2)6-4-10/h3-6,9,13H,7-8H2,1-2H3/t9-,12+/m1/s1. The molecule has 15 heavy (non-hydrogen) atoms. The van der Waals surface area contributed by atoms with Crippen LogP contribution in [-0.4, -0.2) is 23.7 Å². The lowest BCUT2D eigenvalue weighted by Crippen LogP contribution is -2.32. The topological polar surface area (TPSA) is 29.5 Å². The molecule has 0 aliphatic carbocycles. The largest absolute Gasteiger partial charge is 0.497 e. The van der Waals surface area contributed by atoms with Crippen LogP contribution >= 0.6 is 11.8 Å². The number of aliphatic hydroxyl groups is 1. The van der Waals surface area contributed by atoms with E-state index in [1.54, 1.807) is 7.11 Å². The van der Waals surface area contributed by atoms with Gasteiger partial charge in [-0.3, -0.25) is 0 Å².